The molecule has 148 valence electrons. The van der Waals surface area contributed by atoms with Gasteiger partial charge in [0.25, 0.3) is 5.91 Å². The minimum absolute atomic E-state index is 0. The zero-order chi connectivity index (χ0) is 18.8. The maximum Gasteiger partial charge on any atom is 0.277 e. The number of H-pyrrole nitrogens is 1. The molecule has 2 aromatic heterocycles. The fourth-order valence-electron chi connectivity index (χ4n) is 3.14. The predicted molar refractivity (Wildman–Crippen MR) is 103 cm³/mol. The minimum atomic E-state index is -0.973. The van der Waals surface area contributed by atoms with E-state index >= 15 is 0 Å². The smallest absolute Gasteiger partial charge is 0.277 e. The molecule has 1 fully saturated rings. The third-order valence-electron chi connectivity index (χ3n) is 4.55. The summed E-state index contributed by atoms with van der Waals surface area (Å²) in [6.07, 6.45) is 3.86. The lowest BCUT2D eigenvalue weighted by atomic mass is 10.1. The lowest BCUT2D eigenvalue weighted by Crippen LogP contribution is -2.32. The highest BCUT2D eigenvalue weighted by atomic mass is 35.5. The van der Waals surface area contributed by atoms with E-state index in [4.69, 9.17) is 0 Å². The first-order chi connectivity index (χ1) is 13.1. The molecule has 10 heteroatoms. The minimum Gasteiger partial charge on any atom is -0.315 e. The van der Waals surface area contributed by atoms with Crippen LogP contribution in [-0.2, 0) is 0 Å². The van der Waals surface area contributed by atoms with Crippen LogP contribution >= 0.6 is 12.4 Å². The number of carbonyl (C=O) groups is 1. The molecule has 3 aromatic rings. The number of amides is 1. The van der Waals surface area contributed by atoms with Crippen molar-refractivity contribution in [1.29, 1.82) is 0 Å². The molecule has 0 bridgehead atoms. The van der Waals surface area contributed by atoms with Crippen LogP contribution in [0, 0.1) is 11.6 Å². The first-order valence-electron chi connectivity index (χ1n) is 8.69. The first kappa shape index (κ1) is 20.0. The van der Waals surface area contributed by atoms with Crippen molar-refractivity contribution in [1.82, 2.24) is 25.3 Å². The summed E-state index contributed by atoms with van der Waals surface area (Å²) in [7, 11) is 0. The van der Waals surface area contributed by atoms with E-state index in [1.165, 1.54) is 18.2 Å². The molecule has 3 N–H and O–H groups in total. The first-order valence-corrected chi connectivity index (χ1v) is 8.69. The molecule has 3 heterocycles. The van der Waals surface area contributed by atoms with Crippen LogP contribution in [0.25, 0.3) is 11.3 Å². The normalized spacial score (nSPS) is 16.4. The van der Waals surface area contributed by atoms with Crippen molar-refractivity contribution in [2.45, 2.75) is 18.9 Å². The van der Waals surface area contributed by atoms with Crippen molar-refractivity contribution in [3.63, 3.8) is 0 Å². The van der Waals surface area contributed by atoms with Gasteiger partial charge in [0.1, 0.15) is 0 Å². The van der Waals surface area contributed by atoms with E-state index in [0.29, 0.717) is 0 Å². The molecule has 1 aliphatic heterocycles. The number of anilines is 1. The molecule has 1 aromatic carbocycles. The van der Waals surface area contributed by atoms with Gasteiger partial charge >= 0.3 is 0 Å². The van der Waals surface area contributed by atoms with E-state index < -0.39 is 17.5 Å². The number of halogens is 3. The molecule has 4 rings (SSSR count). The Hall–Kier alpha value is -2.78. The van der Waals surface area contributed by atoms with Crippen LogP contribution in [0.4, 0.5) is 14.6 Å². The van der Waals surface area contributed by atoms with Crippen LogP contribution in [0.1, 0.15) is 29.4 Å². The van der Waals surface area contributed by atoms with Gasteiger partial charge in [0.15, 0.2) is 23.1 Å². The largest absolute Gasteiger partial charge is 0.315 e. The lowest BCUT2D eigenvalue weighted by Gasteiger charge is -2.22. The van der Waals surface area contributed by atoms with Crippen LogP contribution in [0.2, 0.25) is 0 Å². The highest BCUT2D eigenvalue weighted by molar-refractivity contribution is 6.02. The summed E-state index contributed by atoms with van der Waals surface area (Å²) in [4.78, 5) is 12.4. The molecule has 1 unspecified atom stereocenters. The SMILES string of the molecule is Cl.O=C(Nc1cc(-c2cccc(F)c2F)[nH]n1)c1ccn(C2CCCNC2)n1. The summed E-state index contributed by atoms with van der Waals surface area (Å²) in [5.74, 6) is -2.14. The number of aromatic nitrogens is 4. The fourth-order valence-corrected chi connectivity index (χ4v) is 3.14. The zero-order valence-corrected chi connectivity index (χ0v) is 15.6. The van der Waals surface area contributed by atoms with Crippen LogP contribution < -0.4 is 10.6 Å². The van der Waals surface area contributed by atoms with Crippen LogP contribution in [0.3, 0.4) is 0 Å². The Labute approximate surface area is 165 Å². The molecule has 1 saturated heterocycles. The second kappa shape index (κ2) is 8.49. The van der Waals surface area contributed by atoms with Crippen molar-refractivity contribution < 1.29 is 13.6 Å². The number of nitrogens with one attached hydrogen (secondary N) is 3. The van der Waals surface area contributed by atoms with Gasteiger partial charge in [-0.25, -0.2) is 8.78 Å². The van der Waals surface area contributed by atoms with E-state index in [2.05, 4.69) is 25.9 Å². The van der Waals surface area contributed by atoms with Crippen molar-refractivity contribution in [2.75, 3.05) is 18.4 Å². The Balaban J connectivity index is 0.00000225. The second-order valence-electron chi connectivity index (χ2n) is 6.40. The Morgan fingerprint density at radius 3 is 2.93 bits per heavy atom. The van der Waals surface area contributed by atoms with Gasteiger partial charge < -0.3 is 10.6 Å². The number of nitrogens with zero attached hydrogens (tertiary/aromatic N) is 3. The predicted octanol–water partition coefficient (Wildman–Crippen LogP) is 3.15. The van der Waals surface area contributed by atoms with E-state index in [1.807, 2.05) is 0 Å². The van der Waals surface area contributed by atoms with E-state index in [1.54, 1.807) is 16.9 Å². The number of hydrogen-bond acceptors (Lipinski definition) is 4. The molecule has 28 heavy (non-hydrogen) atoms. The third-order valence-corrected chi connectivity index (χ3v) is 4.55. The molecule has 0 saturated carbocycles. The van der Waals surface area contributed by atoms with E-state index in [9.17, 15) is 13.6 Å². The molecule has 1 aliphatic rings. The summed E-state index contributed by atoms with van der Waals surface area (Å²) in [6.45, 7) is 1.82. The Kier molecular flexibility index (Phi) is 6.05. The number of aromatic amines is 1. The summed E-state index contributed by atoms with van der Waals surface area (Å²) in [5, 5.41) is 16.8. The summed E-state index contributed by atoms with van der Waals surface area (Å²) < 4.78 is 29.0. The number of hydrogen-bond donors (Lipinski definition) is 3. The van der Waals surface area contributed by atoms with Gasteiger partial charge in [-0.15, -0.1) is 12.4 Å². The van der Waals surface area contributed by atoms with Gasteiger partial charge in [-0.3, -0.25) is 14.6 Å². The topological polar surface area (TPSA) is 87.6 Å². The van der Waals surface area contributed by atoms with Gasteiger partial charge in [-0.1, -0.05) is 6.07 Å². The third kappa shape index (κ3) is 4.05. The van der Waals surface area contributed by atoms with Gasteiger partial charge in [-0.2, -0.15) is 10.2 Å². The fraction of sp³-hybridized carbons (Fsp3) is 0.278. The van der Waals surface area contributed by atoms with Crippen molar-refractivity contribution >= 4 is 24.1 Å². The summed E-state index contributed by atoms with van der Waals surface area (Å²) in [6, 6.07) is 7.18. The number of benzene rings is 1. The molecule has 0 aliphatic carbocycles. The average Bonchev–Trinajstić information content (AvgIpc) is 3.34. The average molecular weight is 409 g/mol. The Bertz CT molecular complexity index is 967. The van der Waals surface area contributed by atoms with Crippen molar-refractivity contribution in [2.24, 2.45) is 0 Å². The van der Waals surface area contributed by atoms with Gasteiger partial charge in [0.2, 0.25) is 0 Å². The standard InChI is InChI=1S/C18H18F2N6O.ClH/c19-13-5-1-4-12(17(13)20)15-9-16(24-23-15)22-18(27)14-6-8-26(25-14)11-3-2-7-21-10-11;/h1,4-6,8-9,11,21H,2-3,7,10H2,(H2,22,23,24,27);1H. The van der Waals surface area contributed by atoms with Crippen molar-refractivity contribution in [3.05, 3.63) is 53.9 Å². The molecule has 0 radical (unpaired) electrons. The van der Waals surface area contributed by atoms with Crippen LogP contribution in [-0.4, -0.2) is 39.0 Å². The Morgan fingerprint density at radius 2 is 2.14 bits per heavy atom. The Morgan fingerprint density at radius 1 is 1.29 bits per heavy atom. The molecule has 0 spiro atoms. The van der Waals surface area contributed by atoms with E-state index in [-0.39, 0.29) is 41.2 Å². The lowest BCUT2D eigenvalue weighted by molar-refractivity contribution is 0.102. The molecule has 7 nitrogen and oxygen atoms in total. The van der Waals surface area contributed by atoms with Gasteiger partial charge in [-0.05, 0) is 37.6 Å². The van der Waals surface area contributed by atoms with Crippen LogP contribution in [0.15, 0.2) is 36.5 Å². The van der Waals surface area contributed by atoms with E-state index in [0.717, 1.165) is 32.0 Å². The highest BCUT2D eigenvalue weighted by Gasteiger charge is 2.19. The maximum atomic E-state index is 13.9. The molecule has 1 amide bonds. The molecule has 1 atom stereocenters. The van der Waals surface area contributed by atoms with Crippen molar-refractivity contribution in [3.8, 4) is 11.3 Å². The maximum absolute atomic E-state index is 13.9. The number of carbonyl (C=O) groups excluding carboxylic acids is 1. The summed E-state index contributed by atoms with van der Waals surface area (Å²) in [5.41, 5.74) is 0.570. The van der Waals surface area contributed by atoms with Gasteiger partial charge in [0.05, 0.1) is 11.7 Å². The number of piperidine rings is 1. The zero-order valence-electron chi connectivity index (χ0n) is 14.8. The monoisotopic (exact) mass is 408 g/mol. The highest BCUT2D eigenvalue weighted by Crippen LogP contribution is 2.24. The molecular formula is C18H19ClF2N6O. The van der Waals surface area contributed by atoms with Gasteiger partial charge in [0, 0.05) is 24.4 Å². The second-order valence-corrected chi connectivity index (χ2v) is 6.40. The quantitative estimate of drug-likeness (QED) is 0.619. The summed E-state index contributed by atoms with van der Waals surface area (Å²) >= 11 is 0. The van der Waals surface area contributed by atoms with Crippen LogP contribution in [0.5, 0.6) is 0 Å². The molecular weight excluding hydrogens is 390 g/mol. The number of rotatable bonds is 4.